The first-order chi connectivity index (χ1) is 13.8. The van der Waals surface area contributed by atoms with Gasteiger partial charge in [0.1, 0.15) is 5.60 Å². The number of nitrogens with zero attached hydrogens (tertiary/aromatic N) is 2. The van der Waals surface area contributed by atoms with Crippen LogP contribution in [0.1, 0.15) is 74.7 Å². The SMILES string of the molecule is CC(C1CCN(C(=O)OC(C)(C)C)CC1)N1CC=C(B2OC(C)(C)C(C)(C)O2)CC1. The standard InChI is InChI=1S/C23H41BN2O4/c1-17(18-9-13-26(14-10-18)20(27)28-21(2,3)4)25-15-11-19(12-16-25)24-29-22(5,6)23(7,8)30-24/h11,17-18H,9-10,12-16H2,1-8H3. The van der Waals surface area contributed by atoms with Gasteiger partial charge < -0.3 is 18.9 Å². The first kappa shape index (κ1) is 23.6. The quantitative estimate of drug-likeness (QED) is 0.638. The Bertz CT molecular complexity index is 647. The summed E-state index contributed by atoms with van der Waals surface area (Å²) in [4.78, 5) is 16.7. The van der Waals surface area contributed by atoms with Crippen LogP contribution in [0.25, 0.3) is 0 Å². The van der Waals surface area contributed by atoms with Crippen LogP contribution in [-0.2, 0) is 14.0 Å². The van der Waals surface area contributed by atoms with E-state index < -0.39 is 5.60 Å². The van der Waals surface area contributed by atoms with Crippen LogP contribution in [0.4, 0.5) is 4.79 Å². The molecule has 0 aromatic heterocycles. The van der Waals surface area contributed by atoms with Crippen LogP contribution in [0.5, 0.6) is 0 Å². The number of carbonyl (C=O) groups is 1. The molecule has 6 nitrogen and oxygen atoms in total. The second-order valence-corrected chi connectivity index (χ2v) is 11.2. The van der Waals surface area contributed by atoms with Gasteiger partial charge in [-0.15, -0.1) is 0 Å². The van der Waals surface area contributed by atoms with Crippen LogP contribution in [0.3, 0.4) is 0 Å². The van der Waals surface area contributed by atoms with Gasteiger partial charge in [0.05, 0.1) is 11.2 Å². The van der Waals surface area contributed by atoms with Crippen LogP contribution >= 0.6 is 0 Å². The van der Waals surface area contributed by atoms with Crippen molar-refractivity contribution < 1.29 is 18.8 Å². The molecule has 0 bridgehead atoms. The number of ether oxygens (including phenoxy) is 1. The number of likely N-dealkylation sites (tertiary alicyclic amines) is 1. The topological polar surface area (TPSA) is 51.2 Å². The lowest BCUT2D eigenvalue weighted by Crippen LogP contribution is -2.48. The molecule has 0 spiro atoms. The second-order valence-electron chi connectivity index (χ2n) is 11.2. The summed E-state index contributed by atoms with van der Waals surface area (Å²) in [6, 6.07) is 0.502. The fourth-order valence-electron chi connectivity index (χ4n) is 4.47. The lowest BCUT2D eigenvalue weighted by Gasteiger charge is -2.41. The summed E-state index contributed by atoms with van der Waals surface area (Å²) < 4.78 is 18.0. The molecule has 170 valence electrons. The van der Waals surface area contributed by atoms with E-state index in [-0.39, 0.29) is 24.4 Å². The number of amides is 1. The monoisotopic (exact) mass is 420 g/mol. The molecule has 1 unspecified atom stereocenters. The molecule has 1 amide bonds. The van der Waals surface area contributed by atoms with E-state index in [2.05, 4.69) is 45.6 Å². The summed E-state index contributed by atoms with van der Waals surface area (Å²) >= 11 is 0. The summed E-state index contributed by atoms with van der Waals surface area (Å²) in [5.41, 5.74) is 0.267. The van der Waals surface area contributed by atoms with Crippen molar-refractivity contribution in [2.24, 2.45) is 5.92 Å². The summed E-state index contributed by atoms with van der Waals surface area (Å²) in [5.74, 6) is 0.607. The molecule has 30 heavy (non-hydrogen) atoms. The smallest absolute Gasteiger partial charge is 0.444 e. The van der Waals surface area contributed by atoms with E-state index in [1.54, 1.807) is 0 Å². The molecular weight excluding hydrogens is 379 g/mol. The average Bonchev–Trinajstić information content (AvgIpc) is 2.87. The lowest BCUT2D eigenvalue weighted by molar-refractivity contribution is 0.00578. The maximum Gasteiger partial charge on any atom is 0.490 e. The van der Waals surface area contributed by atoms with E-state index in [1.165, 1.54) is 5.47 Å². The third kappa shape index (κ3) is 5.22. The highest BCUT2D eigenvalue weighted by Gasteiger charge is 2.52. The molecule has 0 aromatic carbocycles. The molecule has 3 aliphatic heterocycles. The summed E-state index contributed by atoms with van der Waals surface area (Å²) in [7, 11) is -0.218. The summed E-state index contributed by atoms with van der Waals surface area (Å²) in [5, 5.41) is 0. The molecule has 0 aliphatic carbocycles. The van der Waals surface area contributed by atoms with Gasteiger partial charge in [-0.3, -0.25) is 4.90 Å². The number of rotatable bonds is 3. The predicted octanol–water partition coefficient (Wildman–Crippen LogP) is 4.29. The Morgan fingerprint density at radius 2 is 1.70 bits per heavy atom. The molecule has 0 saturated carbocycles. The Hall–Kier alpha value is -1.05. The summed E-state index contributed by atoms with van der Waals surface area (Å²) in [6.07, 6.45) is 5.17. The first-order valence-electron chi connectivity index (χ1n) is 11.6. The summed E-state index contributed by atoms with van der Waals surface area (Å²) in [6.45, 7) is 20.0. The fourth-order valence-corrected chi connectivity index (χ4v) is 4.47. The Morgan fingerprint density at radius 1 is 1.13 bits per heavy atom. The van der Waals surface area contributed by atoms with Gasteiger partial charge in [0.15, 0.2) is 0 Å². The van der Waals surface area contributed by atoms with Gasteiger partial charge in [-0.05, 0) is 86.0 Å². The second kappa shape index (κ2) is 8.48. The van der Waals surface area contributed by atoms with E-state index in [0.29, 0.717) is 12.0 Å². The maximum atomic E-state index is 12.3. The van der Waals surface area contributed by atoms with Crippen molar-refractivity contribution in [3.05, 3.63) is 11.5 Å². The van der Waals surface area contributed by atoms with Gasteiger partial charge >= 0.3 is 13.2 Å². The predicted molar refractivity (Wildman–Crippen MR) is 120 cm³/mol. The Labute approximate surface area is 183 Å². The van der Waals surface area contributed by atoms with Crippen LogP contribution in [0.15, 0.2) is 11.5 Å². The molecule has 2 saturated heterocycles. The van der Waals surface area contributed by atoms with Gasteiger partial charge in [-0.2, -0.15) is 0 Å². The van der Waals surface area contributed by atoms with E-state index >= 15 is 0 Å². The maximum absolute atomic E-state index is 12.3. The van der Waals surface area contributed by atoms with Crippen LogP contribution < -0.4 is 0 Å². The normalized spacial score (nSPS) is 26.5. The van der Waals surface area contributed by atoms with Crippen LogP contribution in [0, 0.1) is 5.92 Å². The van der Waals surface area contributed by atoms with Crippen molar-refractivity contribution in [2.75, 3.05) is 26.2 Å². The van der Waals surface area contributed by atoms with Gasteiger partial charge in [0, 0.05) is 32.2 Å². The third-order valence-corrected chi connectivity index (χ3v) is 7.28. The molecule has 1 atom stereocenters. The number of piperidine rings is 1. The largest absolute Gasteiger partial charge is 0.490 e. The van der Waals surface area contributed by atoms with Crippen molar-refractivity contribution in [3.63, 3.8) is 0 Å². The average molecular weight is 420 g/mol. The molecule has 0 aromatic rings. The first-order valence-corrected chi connectivity index (χ1v) is 11.6. The molecule has 0 radical (unpaired) electrons. The molecule has 3 rings (SSSR count). The highest BCUT2D eigenvalue weighted by Crippen LogP contribution is 2.39. The zero-order chi connectivity index (χ0) is 22.3. The Balaban J connectivity index is 1.49. The number of hydrogen-bond donors (Lipinski definition) is 0. The third-order valence-electron chi connectivity index (χ3n) is 7.28. The van der Waals surface area contributed by atoms with Crippen molar-refractivity contribution in [3.8, 4) is 0 Å². The van der Waals surface area contributed by atoms with E-state index in [4.69, 9.17) is 14.0 Å². The lowest BCUT2D eigenvalue weighted by atomic mass is 9.74. The highest BCUT2D eigenvalue weighted by atomic mass is 16.7. The van der Waals surface area contributed by atoms with Crippen LogP contribution in [-0.4, -0.2) is 72.0 Å². The number of hydrogen-bond acceptors (Lipinski definition) is 5. The van der Waals surface area contributed by atoms with Gasteiger partial charge in [0.2, 0.25) is 0 Å². The van der Waals surface area contributed by atoms with Gasteiger partial charge in [-0.1, -0.05) is 6.08 Å². The van der Waals surface area contributed by atoms with E-state index in [0.717, 1.165) is 45.4 Å². The van der Waals surface area contributed by atoms with Crippen molar-refractivity contribution in [2.45, 2.75) is 97.5 Å². The van der Waals surface area contributed by atoms with Crippen molar-refractivity contribution in [1.29, 1.82) is 0 Å². The molecule has 7 heteroatoms. The minimum absolute atomic E-state index is 0.179. The Morgan fingerprint density at radius 3 is 2.17 bits per heavy atom. The minimum Gasteiger partial charge on any atom is -0.444 e. The van der Waals surface area contributed by atoms with Crippen molar-refractivity contribution >= 4 is 13.2 Å². The molecule has 0 N–H and O–H groups in total. The molecule has 3 heterocycles. The van der Waals surface area contributed by atoms with E-state index in [1.807, 2.05) is 25.7 Å². The molecule has 3 aliphatic rings. The highest BCUT2D eigenvalue weighted by molar-refractivity contribution is 6.54. The van der Waals surface area contributed by atoms with Crippen molar-refractivity contribution in [1.82, 2.24) is 9.80 Å². The number of carbonyl (C=O) groups excluding carboxylic acids is 1. The zero-order valence-corrected chi connectivity index (χ0v) is 20.3. The van der Waals surface area contributed by atoms with E-state index in [9.17, 15) is 4.79 Å². The van der Waals surface area contributed by atoms with Gasteiger partial charge in [-0.25, -0.2) is 4.79 Å². The van der Waals surface area contributed by atoms with Gasteiger partial charge in [0.25, 0.3) is 0 Å². The zero-order valence-electron chi connectivity index (χ0n) is 20.3. The minimum atomic E-state index is -0.434. The fraction of sp³-hybridized carbons (Fsp3) is 0.870. The Kier molecular flexibility index (Phi) is 6.67. The molecule has 2 fully saturated rings. The van der Waals surface area contributed by atoms with Crippen LogP contribution in [0.2, 0.25) is 0 Å². The molecular formula is C23H41BN2O4.